The van der Waals surface area contributed by atoms with Crippen molar-refractivity contribution >= 4 is 11.6 Å². The zero-order valence-electron chi connectivity index (χ0n) is 8.71. The van der Waals surface area contributed by atoms with Gasteiger partial charge in [0.15, 0.2) is 6.79 Å². The Bertz CT molecular complexity index is 382. The highest BCUT2D eigenvalue weighted by Gasteiger charge is 2.23. The van der Waals surface area contributed by atoms with Crippen LogP contribution in [0.3, 0.4) is 0 Å². The summed E-state index contributed by atoms with van der Waals surface area (Å²) in [5, 5.41) is 10.4. The zero-order valence-corrected chi connectivity index (χ0v) is 9.47. The SMILES string of the molecule is CC(C)(O)c1cc2c(cc1Cl)COCO2. The summed E-state index contributed by atoms with van der Waals surface area (Å²) in [5.41, 5.74) is 0.623. The summed E-state index contributed by atoms with van der Waals surface area (Å²) in [5.74, 6) is 0.739. The third-order valence-electron chi connectivity index (χ3n) is 2.36. The second kappa shape index (κ2) is 3.67. The summed E-state index contributed by atoms with van der Waals surface area (Å²) in [6.45, 7) is 4.14. The molecule has 4 heteroatoms. The fourth-order valence-corrected chi connectivity index (χ4v) is 1.98. The van der Waals surface area contributed by atoms with E-state index in [4.69, 9.17) is 21.1 Å². The van der Waals surface area contributed by atoms with Gasteiger partial charge in [0.05, 0.1) is 12.2 Å². The fraction of sp³-hybridized carbons (Fsp3) is 0.455. The third-order valence-corrected chi connectivity index (χ3v) is 2.68. The van der Waals surface area contributed by atoms with Gasteiger partial charge in [-0.2, -0.15) is 0 Å². The standard InChI is InChI=1S/C11H13ClO3/c1-11(2,13)8-4-10-7(3-9(8)12)5-14-6-15-10/h3-4,13H,5-6H2,1-2H3. The number of halogens is 1. The van der Waals surface area contributed by atoms with Crippen LogP contribution in [0, 0.1) is 0 Å². The van der Waals surface area contributed by atoms with E-state index in [9.17, 15) is 5.11 Å². The number of fused-ring (bicyclic) bond motifs is 1. The molecule has 0 bridgehead atoms. The van der Waals surface area contributed by atoms with Crippen molar-refractivity contribution in [2.24, 2.45) is 0 Å². The molecule has 2 rings (SSSR count). The summed E-state index contributed by atoms with van der Waals surface area (Å²) < 4.78 is 10.5. The normalized spacial score (nSPS) is 15.7. The second-order valence-electron chi connectivity index (χ2n) is 4.11. The van der Waals surface area contributed by atoms with Gasteiger partial charge in [-0.25, -0.2) is 0 Å². The summed E-state index contributed by atoms with van der Waals surface area (Å²) >= 11 is 6.07. The number of hydrogen-bond donors (Lipinski definition) is 1. The first-order valence-electron chi connectivity index (χ1n) is 4.74. The number of benzene rings is 1. The van der Waals surface area contributed by atoms with Gasteiger partial charge < -0.3 is 14.6 Å². The van der Waals surface area contributed by atoms with Crippen LogP contribution in [0.1, 0.15) is 25.0 Å². The summed E-state index contributed by atoms with van der Waals surface area (Å²) in [6.07, 6.45) is 0. The lowest BCUT2D eigenvalue weighted by Gasteiger charge is -2.24. The van der Waals surface area contributed by atoms with Crippen LogP contribution in [-0.4, -0.2) is 11.9 Å². The molecule has 0 spiro atoms. The molecule has 0 unspecified atom stereocenters. The minimum Gasteiger partial charge on any atom is -0.467 e. The van der Waals surface area contributed by atoms with Crippen LogP contribution in [0.5, 0.6) is 5.75 Å². The molecular weight excluding hydrogens is 216 g/mol. The van der Waals surface area contributed by atoms with E-state index < -0.39 is 5.60 Å². The Morgan fingerprint density at radius 1 is 1.40 bits per heavy atom. The van der Waals surface area contributed by atoms with E-state index in [1.807, 2.05) is 0 Å². The van der Waals surface area contributed by atoms with Crippen molar-refractivity contribution in [1.82, 2.24) is 0 Å². The molecule has 1 aromatic rings. The Hall–Kier alpha value is -0.770. The van der Waals surface area contributed by atoms with Gasteiger partial charge in [0.2, 0.25) is 0 Å². The van der Waals surface area contributed by atoms with Crippen molar-refractivity contribution in [3.63, 3.8) is 0 Å². The highest BCUT2D eigenvalue weighted by Crippen LogP contribution is 2.35. The molecule has 0 amide bonds. The maximum Gasteiger partial charge on any atom is 0.189 e. The quantitative estimate of drug-likeness (QED) is 0.803. The minimum absolute atomic E-state index is 0.250. The van der Waals surface area contributed by atoms with Gasteiger partial charge in [0.1, 0.15) is 5.75 Å². The lowest BCUT2D eigenvalue weighted by molar-refractivity contribution is -0.0169. The van der Waals surface area contributed by atoms with Crippen LogP contribution < -0.4 is 4.74 Å². The molecule has 0 saturated heterocycles. The maximum atomic E-state index is 9.90. The monoisotopic (exact) mass is 228 g/mol. The van der Waals surface area contributed by atoms with Crippen molar-refractivity contribution in [1.29, 1.82) is 0 Å². The van der Waals surface area contributed by atoms with Crippen LogP contribution in [0.4, 0.5) is 0 Å². The Morgan fingerprint density at radius 2 is 2.13 bits per heavy atom. The number of aliphatic hydroxyl groups is 1. The summed E-state index contributed by atoms with van der Waals surface area (Å²) in [4.78, 5) is 0. The Morgan fingerprint density at radius 3 is 2.80 bits per heavy atom. The van der Waals surface area contributed by atoms with E-state index in [1.54, 1.807) is 26.0 Å². The second-order valence-corrected chi connectivity index (χ2v) is 4.52. The van der Waals surface area contributed by atoms with Crippen molar-refractivity contribution in [3.8, 4) is 5.75 Å². The molecule has 0 atom stereocenters. The van der Waals surface area contributed by atoms with Gasteiger partial charge in [-0.15, -0.1) is 0 Å². The Kier molecular flexibility index (Phi) is 2.63. The highest BCUT2D eigenvalue weighted by atomic mass is 35.5. The molecule has 1 N–H and O–H groups in total. The lowest BCUT2D eigenvalue weighted by Crippen LogP contribution is -2.18. The Balaban J connectivity index is 2.50. The molecule has 0 saturated carbocycles. The molecule has 0 aromatic heterocycles. The predicted octanol–water partition coefficient (Wildman–Crippen LogP) is 2.43. The van der Waals surface area contributed by atoms with Crippen molar-refractivity contribution in [2.75, 3.05) is 6.79 Å². The largest absolute Gasteiger partial charge is 0.467 e. The van der Waals surface area contributed by atoms with Crippen LogP contribution in [0.2, 0.25) is 5.02 Å². The van der Waals surface area contributed by atoms with Gasteiger partial charge in [0.25, 0.3) is 0 Å². The molecule has 15 heavy (non-hydrogen) atoms. The van der Waals surface area contributed by atoms with E-state index in [0.29, 0.717) is 17.2 Å². The number of rotatable bonds is 1. The van der Waals surface area contributed by atoms with Gasteiger partial charge in [-0.1, -0.05) is 11.6 Å². The lowest BCUT2D eigenvalue weighted by atomic mass is 9.96. The molecule has 0 aliphatic carbocycles. The average Bonchev–Trinajstić information content (AvgIpc) is 2.15. The highest BCUT2D eigenvalue weighted by molar-refractivity contribution is 6.31. The van der Waals surface area contributed by atoms with Gasteiger partial charge in [-0.05, 0) is 26.0 Å². The minimum atomic E-state index is -0.965. The van der Waals surface area contributed by atoms with Gasteiger partial charge >= 0.3 is 0 Å². The van der Waals surface area contributed by atoms with Crippen molar-refractivity contribution in [3.05, 3.63) is 28.3 Å². The van der Waals surface area contributed by atoms with Gasteiger partial charge in [0, 0.05) is 16.1 Å². The third kappa shape index (κ3) is 2.09. The smallest absolute Gasteiger partial charge is 0.189 e. The van der Waals surface area contributed by atoms with E-state index in [0.717, 1.165) is 11.3 Å². The fourth-order valence-electron chi connectivity index (χ4n) is 1.57. The van der Waals surface area contributed by atoms with Crippen LogP contribution >= 0.6 is 11.6 Å². The molecule has 1 aliphatic rings. The number of ether oxygens (including phenoxy) is 2. The van der Waals surface area contributed by atoms with Crippen molar-refractivity contribution in [2.45, 2.75) is 26.1 Å². The molecule has 0 fully saturated rings. The maximum absolute atomic E-state index is 9.90. The number of hydrogen-bond acceptors (Lipinski definition) is 3. The topological polar surface area (TPSA) is 38.7 Å². The average molecular weight is 229 g/mol. The molecule has 0 radical (unpaired) electrons. The van der Waals surface area contributed by atoms with Crippen molar-refractivity contribution < 1.29 is 14.6 Å². The summed E-state index contributed by atoms with van der Waals surface area (Å²) in [7, 11) is 0. The Labute approximate surface area is 93.6 Å². The molecule has 1 heterocycles. The zero-order chi connectivity index (χ0) is 11.1. The first-order chi connectivity index (χ1) is 6.98. The molecular formula is C11H13ClO3. The van der Waals surface area contributed by atoms with E-state index in [-0.39, 0.29) is 6.79 Å². The predicted molar refractivity (Wildman–Crippen MR) is 57.0 cm³/mol. The van der Waals surface area contributed by atoms with E-state index >= 15 is 0 Å². The van der Waals surface area contributed by atoms with E-state index in [2.05, 4.69) is 0 Å². The molecule has 1 aliphatic heterocycles. The van der Waals surface area contributed by atoms with E-state index in [1.165, 1.54) is 0 Å². The first kappa shape index (κ1) is 10.7. The molecule has 1 aromatic carbocycles. The van der Waals surface area contributed by atoms with Crippen LogP contribution in [0.15, 0.2) is 12.1 Å². The molecule has 82 valence electrons. The summed E-state index contributed by atoms with van der Waals surface area (Å²) in [6, 6.07) is 3.56. The van der Waals surface area contributed by atoms with Gasteiger partial charge in [-0.3, -0.25) is 0 Å². The molecule has 3 nitrogen and oxygen atoms in total. The first-order valence-corrected chi connectivity index (χ1v) is 5.12. The van der Waals surface area contributed by atoms with Crippen LogP contribution in [0.25, 0.3) is 0 Å². The van der Waals surface area contributed by atoms with Crippen LogP contribution in [-0.2, 0) is 16.9 Å².